The molecule has 0 spiro atoms. The number of nitrogens with zero attached hydrogens (tertiary/aromatic N) is 5. The summed E-state index contributed by atoms with van der Waals surface area (Å²) in [7, 11) is 0. The first-order valence-corrected chi connectivity index (χ1v) is 8.55. The fraction of sp³-hybridized carbons (Fsp3) is 0.263. The normalized spacial score (nSPS) is 16.8. The van der Waals surface area contributed by atoms with Crippen LogP contribution in [0.1, 0.15) is 15.9 Å². The van der Waals surface area contributed by atoms with Gasteiger partial charge in [-0.05, 0) is 12.1 Å². The minimum atomic E-state index is -0.157. The number of aromatic nitrogens is 2. The Balaban J connectivity index is 1.38. The maximum Gasteiger partial charge on any atom is 0.259 e. The zero-order valence-electron chi connectivity index (χ0n) is 14.3. The van der Waals surface area contributed by atoms with Crippen LogP contribution in [0, 0.1) is 0 Å². The molecular formula is C19H19N5O2. The molecule has 3 heterocycles. The Morgan fingerprint density at radius 3 is 2.31 bits per heavy atom. The molecule has 2 aliphatic rings. The van der Waals surface area contributed by atoms with Gasteiger partial charge in [-0.3, -0.25) is 14.5 Å². The quantitative estimate of drug-likeness (QED) is 0.834. The topological polar surface area (TPSA) is 69.6 Å². The van der Waals surface area contributed by atoms with Crippen LogP contribution in [-0.2, 0) is 4.79 Å². The third-order valence-corrected chi connectivity index (χ3v) is 4.80. The van der Waals surface area contributed by atoms with E-state index in [1.54, 1.807) is 29.4 Å². The first kappa shape index (κ1) is 16.3. The van der Waals surface area contributed by atoms with Crippen molar-refractivity contribution in [3.63, 3.8) is 0 Å². The van der Waals surface area contributed by atoms with Gasteiger partial charge in [0.05, 0.1) is 0 Å². The van der Waals surface area contributed by atoms with Crippen molar-refractivity contribution in [1.82, 2.24) is 19.8 Å². The zero-order chi connectivity index (χ0) is 18.1. The van der Waals surface area contributed by atoms with E-state index in [-0.39, 0.29) is 18.4 Å². The minimum Gasteiger partial charge on any atom is -0.338 e. The highest BCUT2D eigenvalue weighted by atomic mass is 16.2. The number of fused-ring (bicyclic) bond motifs is 1. The lowest BCUT2D eigenvalue weighted by atomic mass is 10.1. The van der Waals surface area contributed by atoms with Crippen LogP contribution in [0.5, 0.6) is 0 Å². The first-order valence-electron chi connectivity index (χ1n) is 8.55. The van der Waals surface area contributed by atoms with E-state index >= 15 is 0 Å². The van der Waals surface area contributed by atoms with Crippen molar-refractivity contribution in [3.8, 4) is 0 Å². The van der Waals surface area contributed by atoms with Gasteiger partial charge in [-0.2, -0.15) is 0 Å². The van der Waals surface area contributed by atoms with Crippen molar-refractivity contribution in [2.45, 2.75) is 0 Å². The maximum atomic E-state index is 12.7. The molecule has 0 atom stereocenters. The van der Waals surface area contributed by atoms with Gasteiger partial charge in [0, 0.05) is 55.4 Å². The SMILES string of the molecule is C=C1c2ccccc2C(=O)N1CC(=O)N1CCN(c2ncccn2)CC1. The Morgan fingerprint density at radius 1 is 1.00 bits per heavy atom. The van der Waals surface area contributed by atoms with Gasteiger partial charge < -0.3 is 9.80 Å². The van der Waals surface area contributed by atoms with Gasteiger partial charge in [0.2, 0.25) is 11.9 Å². The highest BCUT2D eigenvalue weighted by Crippen LogP contribution is 2.30. The van der Waals surface area contributed by atoms with Crippen LogP contribution in [0.4, 0.5) is 5.95 Å². The predicted octanol–water partition coefficient (Wildman–Crippen LogP) is 1.25. The predicted molar refractivity (Wildman–Crippen MR) is 97.3 cm³/mol. The van der Waals surface area contributed by atoms with Gasteiger partial charge >= 0.3 is 0 Å². The molecule has 7 nitrogen and oxygen atoms in total. The summed E-state index contributed by atoms with van der Waals surface area (Å²) in [5.74, 6) is 0.453. The summed E-state index contributed by atoms with van der Waals surface area (Å²) in [4.78, 5) is 39.0. The lowest BCUT2D eigenvalue weighted by molar-refractivity contribution is -0.131. The first-order chi connectivity index (χ1) is 12.6. The second kappa shape index (κ2) is 6.59. The zero-order valence-corrected chi connectivity index (χ0v) is 14.3. The molecule has 2 amide bonds. The van der Waals surface area contributed by atoms with Gasteiger partial charge in [0.1, 0.15) is 6.54 Å². The van der Waals surface area contributed by atoms with E-state index in [1.807, 2.05) is 18.2 Å². The molecule has 1 aromatic heterocycles. The van der Waals surface area contributed by atoms with Crippen molar-refractivity contribution < 1.29 is 9.59 Å². The van der Waals surface area contributed by atoms with E-state index in [1.165, 1.54) is 4.90 Å². The summed E-state index contributed by atoms with van der Waals surface area (Å²) in [6.45, 7) is 6.52. The molecule has 2 aromatic rings. The van der Waals surface area contributed by atoms with Crippen molar-refractivity contribution in [3.05, 3.63) is 60.4 Å². The lowest BCUT2D eigenvalue weighted by Crippen LogP contribution is -2.51. The average molecular weight is 349 g/mol. The maximum absolute atomic E-state index is 12.7. The van der Waals surface area contributed by atoms with Crippen LogP contribution in [0.3, 0.4) is 0 Å². The Bertz CT molecular complexity index is 824. The molecule has 0 unspecified atom stereocenters. The van der Waals surface area contributed by atoms with Crippen molar-refractivity contribution in [1.29, 1.82) is 0 Å². The summed E-state index contributed by atoms with van der Waals surface area (Å²) in [5, 5.41) is 0. The Labute approximate surface area is 151 Å². The van der Waals surface area contributed by atoms with E-state index in [2.05, 4.69) is 21.4 Å². The monoisotopic (exact) mass is 349 g/mol. The van der Waals surface area contributed by atoms with Crippen LogP contribution in [0.2, 0.25) is 0 Å². The van der Waals surface area contributed by atoms with Crippen LogP contribution >= 0.6 is 0 Å². The third-order valence-electron chi connectivity index (χ3n) is 4.80. The molecule has 132 valence electrons. The average Bonchev–Trinajstić information content (AvgIpc) is 2.94. The second-order valence-corrected chi connectivity index (χ2v) is 6.30. The van der Waals surface area contributed by atoms with E-state index < -0.39 is 0 Å². The van der Waals surface area contributed by atoms with Crippen molar-refractivity contribution >= 4 is 23.5 Å². The summed E-state index contributed by atoms with van der Waals surface area (Å²) in [6.07, 6.45) is 3.42. The van der Waals surface area contributed by atoms with E-state index in [0.29, 0.717) is 43.4 Å². The van der Waals surface area contributed by atoms with E-state index in [4.69, 9.17) is 0 Å². The van der Waals surface area contributed by atoms with Crippen molar-refractivity contribution in [2.75, 3.05) is 37.6 Å². The van der Waals surface area contributed by atoms with Gasteiger partial charge in [-0.1, -0.05) is 24.8 Å². The number of piperazine rings is 1. The molecule has 4 rings (SSSR count). The molecule has 0 N–H and O–H groups in total. The van der Waals surface area contributed by atoms with Gasteiger partial charge in [-0.15, -0.1) is 0 Å². The smallest absolute Gasteiger partial charge is 0.259 e. The standard InChI is InChI=1S/C19H19N5O2/c1-14-15-5-2-3-6-16(15)18(26)24(14)13-17(25)22-9-11-23(12-10-22)19-20-7-4-8-21-19/h2-8H,1,9-13H2. The summed E-state index contributed by atoms with van der Waals surface area (Å²) in [5.41, 5.74) is 2.00. The number of rotatable bonds is 3. The Morgan fingerprint density at radius 2 is 1.65 bits per heavy atom. The van der Waals surface area contributed by atoms with Crippen molar-refractivity contribution in [2.24, 2.45) is 0 Å². The van der Waals surface area contributed by atoms with Crippen LogP contribution < -0.4 is 4.90 Å². The lowest BCUT2D eigenvalue weighted by Gasteiger charge is -2.35. The molecule has 0 bridgehead atoms. The fourth-order valence-electron chi connectivity index (χ4n) is 3.35. The molecule has 1 aromatic carbocycles. The third kappa shape index (κ3) is 2.81. The summed E-state index contributed by atoms with van der Waals surface area (Å²) < 4.78 is 0. The highest BCUT2D eigenvalue weighted by molar-refractivity contribution is 6.10. The molecule has 0 aliphatic carbocycles. The molecule has 0 saturated carbocycles. The van der Waals surface area contributed by atoms with Gasteiger partial charge in [0.15, 0.2) is 0 Å². The molecule has 7 heteroatoms. The molecule has 0 radical (unpaired) electrons. The van der Waals surface area contributed by atoms with E-state index in [0.717, 1.165) is 5.56 Å². The summed E-state index contributed by atoms with van der Waals surface area (Å²) >= 11 is 0. The number of anilines is 1. The Hall–Kier alpha value is -3.22. The molecule has 1 fully saturated rings. The van der Waals surface area contributed by atoms with Gasteiger partial charge in [-0.25, -0.2) is 9.97 Å². The molecule has 1 saturated heterocycles. The van der Waals surface area contributed by atoms with Crippen LogP contribution in [-0.4, -0.2) is 64.3 Å². The van der Waals surface area contributed by atoms with E-state index in [9.17, 15) is 9.59 Å². The van der Waals surface area contributed by atoms with Crippen LogP contribution in [0.25, 0.3) is 5.70 Å². The second-order valence-electron chi connectivity index (χ2n) is 6.30. The Kier molecular flexibility index (Phi) is 4.12. The number of hydrogen-bond acceptors (Lipinski definition) is 5. The molecule has 2 aliphatic heterocycles. The largest absolute Gasteiger partial charge is 0.338 e. The van der Waals surface area contributed by atoms with Gasteiger partial charge in [0.25, 0.3) is 5.91 Å². The number of carbonyl (C=O) groups is 2. The number of benzene rings is 1. The minimum absolute atomic E-state index is 0.0220. The highest BCUT2D eigenvalue weighted by Gasteiger charge is 2.33. The summed E-state index contributed by atoms with van der Waals surface area (Å²) in [6, 6.07) is 9.10. The number of hydrogen-bond donors (Lipinski definition) is 0. The fourth-order valence-corrected chi connectivity index (χ4v) is 3.35. The van der Waals surface area contributed by atoms with Crippen LogP contribution in [0.15, 0.2) is 49.3 Å². The molecular weight excluding hydrogens is 330 g/mol. The number of carbonyl (C=O) groups excluding carboxylic acids is 2. The molecule has 26 heavy (non-hydrogen) atoms. The number of amides is 2.